The number of fused-ring (bicyclic) bond motifs is 2. The van der Waals surface area contributed by atoms with E-state index in [1.807, 2.05) is 14.1 Å². The Kier molecular flexibility index (Phi) is 7.94. The summed E-state index contributed by atoms with van der Waals surface area (Å²) in [5.74, 6) is -0.486. The fourth-order valence-corrected chi connectivity index (χ4v) is 8.77. The van der Waals surface area contributed by atoms with Gasteiger partial charge in [0.1, 0.15) is 5.03 Å². The molecule has 3 atom stereocenters. The van der Waals surface area contributed by atoms with Gasteiger partial charge in [0, 0.05) is 77.7 Å². The molecular weight excluding hydrogens is 614 g/mol. The Morgan fingerprint density at radius 1 is 1.16 bits per heavy atom. The lowest BCUT2D eigenvalue weighted by atomic mass is 10.0. The first kappa shape index (κ1) is 29.9. The van der Waals surface area contributed by atoms with Gasteiger partial charge in [-0.2, -0.15) is 4.31 Å². The van der Waals surface area contributed by atoms with Gasteiger partial charge in [-0.05, 0) is 51.7 Å². The van der Waals surface area contributed by atoms with Crippen molar-refractivity contribution in [2.75, 3.05) is 33.7 Å². The van der Waals surface area contributed by atoms with Crippen LogP contribution in [0.2, 0.25) is 5.02 Å². The van der Waals surface area contributed by atoms with Crippen LogP contribution in [0.15, 0.2) is 41.4 Å². The number of amides is 1. The standard InChI is InChI=1S/C28H34ClN7O5S2/c1-16-26(33(2)3)25-21(14-30-16)42-27(32-25)28(39)35-11-10-34(15-19(35)8-9-36-23(37)6-7-24(36)38)43(40,41)22-13-17-12-18(29)4-5-20(17)31-22/h4-7,12-13,16,19,26,30-31,37-38H,8-11,14-15H2,1-3H3. The molecule has 2 aliphatic heterocycles. The second kappa shape index (κ2) is 11.4. The summed E-state index contributed by atoms with van der Waals surface area (Å²) in [6.45, 7) is 3.20. The van der Waals surface area contributed by atoms with Crippen molar-refractivity contribution in [3.05, 3.63) is 57.0 Å². The topological polar surface area (TPSA) is 147 Å². The third-order valence-corrected chi connectivity index (χ3v) is 11.4. The van der Waals surface area contributed by atoms with Crippen LogP contribution in [-0.2, 0) is 23.1 Å². The number of thiazole rings is 1. The van der Waals surface area contributed by atoms with Crippen LogP contribution in [0.25, 0.3) is 10.9 Å². The first-order valence-corrected chi connectivity index (χ1v) is 16.6. The number of carbonyl (C=O) groups is 1. The average molecular weight is 648 g/mol. The van der Waals surface area contributed by atoms with E-state index in [0.29, 0.717) is 33.9 Å². The highest BCUT2D eigenvalue weighted by molar-refractivity contribution is 7.89. The van der Waals surface area contributed by atoms with Gasteiger partial charge >= 0.3 is 0 Å². The van der Waals surface area contributed by atoms with Crippen LogP contribution in [0.1, 0.15) is 39.8 Å². The quantitative estimate of drug-likeness (QED) is 0.239. The van der Waals surface area contributed by atoms with Crippen molar-refractivity contribution in [3.8, 4) is 11.8 Å². The minimum absolute atomic E-state index is 0.0187. The van der Waals surface area contributed by atoms with E-state index in [0.717, 1.165) is 10.6 Å². The van der Waals surface area contributed by atoms with Crippen LogP contribution >= 0.6 is 22.9 Å². The molecule has 0 spiro atoms. The van der Waals surface area contributed by atoms with Gasteiger partial charge in [0.2, 0.25) is 0 Å². The maximum absolute atomic E-state index is 14.0. The van der Waals surface area contributed by atoms with Crippen LogP contribution in [0.5, 0.6) is 11.8 Å². The number of nitrogens with one attached hydrogen (secondary N) is 2. The molecule has 1 fully saturated rings. The molecular formula is C28H34ClN7O5S2. The second-order valence-corrected chi connectivity index (χ2v) is 14.7. The minimum atomic E-state index is -3.93. The number of piperazine rings is 1. The fraction of sp³-hybridized carbons (Fsp3) is 0.429. The van der Waals surface area contributed by atoms with Gasteiger partial charge in [-0.1, -0.05) is 11.6 Å². The molecule has 3 unspecified atom stereocenters. The summed E-state index contributed by atoms with van der Waals surface area (Å²) >= 11 is 7.48. The van der Waals surface area contributed by atoms with Crippen molar-refractivity contribution in [1.29, 1.82) is 0 Å². The highest BCUT2D eigenvalue weighted by atomic mass is 35.5. The molecule has 0 radical (unpaired) electrons. The van der Waals surface area contributed by atoms with Crippen molar-refractivity contribution >= 4 is 49.8 Å². The lowest BCUT2D eigenvalue weighted by Crippen LogP contribution is -2.56. The Balaban J connectivity index is 1.29. The van der Waals surface area contributed by atoms with E-state index in [1.165, 1.54) is 32.3 Å². The Morgan fingerprint density at radius 2 is 1.91 bits per heavy atom. The number of H-pyrrole nitrogens is 1. The van der Waals surface area contributed by atoms with Crippen LogP contribution in [0.3, 0.4) is 0 Å². The van der Waals surface area contributed by atoms with E-state index in [-0.39, 0.29) is 61.0 Å². The molecule has 1 amide bonds. The zero-order chi connectivity index (χ0) is 30.6. The molecule has 15 heteroatoms. The van der Waals surface area contributed by atoms with E-state index in [1.54, 1.807) is 29.2 Å². The van der Waals surface area contributed by atoms with Gasteiger partial charge in [0.25, 0.3) is 15.9 Å². The Labute approximate surface area is 258 Å². The van der Waals surface area contributed by atoms with Crippen LogP contribution in [0.4, 0.5) is 0 Å². The molecule has 6 rings (SSSR count). The van der Waals surface area contributed by atoms with E-state index < -0.39 is 16.1 Å². The Hall–Kier alpha value is -3.14. The van der Waals surface area contributed by atoms with Crippen molar-refractivity contribution in [2.45, 2.75) is 49.6 Å². The number of aromatic nitrogens is 3. The molecule has 5 heterocycles. The number of hydrogen-bond donors (Lipinski definition) is 4. The number of aromatic hydroxyl groups is 2. The zero-order valence-electron chi connectivity index (χ0n) is 24.0. The summed E-state index contributed by atoms with van der Waals surface area (Å²) in [5, 5.41) is 25.5. The molecule has 2 aliphatic rings. The number of rotatable bonds is 7. The number of benzene rings is 1. The first-order chi connectivity index (χ1) is 20.4. The predicted molar refractivity (Wildman–Crippen MR) is 164 cm³/mol. The van der Waals surface area contributed by atoms with E-state index in [2.05, 4.69) is 22.1 Å². The SMILES string of the molecule is CC1NCc2sc(C(=O)N3CCN(S(=O)(=O)c4cc5cc(Cl)ccc5[nH]4)CC3CCn3c(O)ccc3O)nc2C1N(C)C. The number of likely N-dealkylation sites (N-methyl/N-ethyl adjacent to an activating group) is 1. The smallest absolute Gasteiger partial charge is 0.283 e. The molecule has 3 aromatic heterocycles. The van der Waals surface area contributed by atoms with Crippen LogP contribution in [-0.4, -0.2) is 99.0 Å². The Bertz CT molecular complexity index is 1760. The van der Waals surface area contributed by atoms with Gasteiger partial charge < -0.3 is 25.4 Å². The molecule has 43 heavy (non-hydrogen) atoms. The third-order valence-electron chi connectivity index (χ3n) is 8.31. The molecule has 230 valence electrons. The fourth-order valence-electron chi connectivity index (χ4n) is 6.10. The molecule has 0 bridgehead atoms. The summed E-state index contributed by atoms with van der Waals surface area (Å²) in [7, 11) is 0.0441. The first-order valence-electron chi connectivity index (χ1n) is 14.0. The van der Waals surface area contributed by atoms with E-state index in [4.69, 9.17) is 16.6 Å². The summed E-state index contributed by atoms with van der Waals surface area (Å²) in [5.41, 5.74) is 1.54. The highest BCUT2D eigenvalue weighted by Gasteiger charge is 2.39. The maximum Gasteiger partial charge on any atom is 0.283 e. The number of sulfonamides is 1. The van der Waals surface area contributed by atoms with E-state index in [9.17, 15) is 23.4 Å². The van der Waals surface area contributed by atoms with Gasteiger partial charge in [-0.3, -0.25) is 14.3 Å². The number of carbonyl (C=O) groups excluding carboxylic acids is 1. The van der Waals surface area contributed by atoms with Gasteiger partial charge in [-0.25, -0.2) is 13.4 Å². The molecule has 0 saturated carbocycles. The molecule has 0 aliphatic carbocycles. The normalized spacial score (nSPS) is 21.5. The highest BCUT2D eigenvalue weighted by Crippen LogP contribution is 2.34. The molecule has 1 aromatic carbocycles. The second-order valence-electron chi connectivity index (χ2n) is 11.3. The molecule has 4 aromatic rings. The minimum Gasteiger partial charge on any atom is -0.494 e. The average Bonchev–Trinajstić information content (AvgIpc) is 3.68. The molecule has 4 N–H and O–H groups in total. The monoisotopic (exact) mass is 647 g/mol. The lowest BCUT2D eigenvalue weighted by Gasteiger charge is -2.40. The largest absolute Gasteiger partial charge is 0.494 e. The van der Waals surface area contributed by atoms with Crippen molar-refractivity contribution in [1.82, 2.24) is 34.0 Å². The van der Waals surface area contributed by atoms with Crippen LogP contribution < -0.4 is 5.32 Å². The van der Waals surface area contributed by atoms with Gasteiger partial charge in [0.05, 0.1) is 11.7 Å². The third kappa shape index (κ3) is 5.51. The predicted octanol–water partition coefficient (Wildman–Crippen LogP) is 3.19. The lowest BCUT2D eigenvalue weighted by molar-refractivity contribution is 0.0541. The zero-order valence-corrected chi connectivity index (χ0v) is 26.4. The summed E-state index contributed by atoms with van der Waals surface area (Å²) < 4.78 is 30.3. The van der Waals surface area contributed by atoms with Crippen molar-refractivity contribution < 1.29 is 23.4 Å². The number of halogens is 1. The van der Waals surface area contributed by atoms with Gasteiger partial charge in [-0.15, -0.1) is 11.3 Å². The summed E-state index contributed by atoms with van der Waals surface area (Å²) in [4.78, 5) is 26.6. The number of nitrogens with zero attached hydrogens (tertiary/aromatic N) is 5. The number of aromatic amines is 1. The van der Waals surface area contributed by atoms with Crippen molar-refractivity contribution in [2.24, 2.45) is 0 Å². The summed E-state index contributed by atoms with van der Waals surface area (Å²) in [6, 6.07) is 9.10. The van der Waals surface area contributed by atoms with E-state index >= 15 is 0 Å². The van der Waals surface area contributed by atoms with Crippen molar-refractivity contribution in [3.63, 3.8) is 0 Å². The van der Waals surface area contributed by atoms with Crippen LogP contribution in [0, 0.1) is 0 Å². The number of hydrogen-bond acceptors (Lipinski definition) is 9. The summed E-state index contributed by atoms with van der Waals surface area (Å²) in [6.07, 6.45) is 0.292. The molecule has 12 nitrogen and oxygen atoms in total. The maximum atomic E-state index is 14.0. The molecule has 1 saturated heterocycles. The Morgan fingerprint density at radius 3 is 2.63 bits per heavy atom. The van der Waals surface area contributed by atoms with Gasteiger partial charge in [0.15, 0.2) is 16.8 Å².